The van der Waals surface area contributed by atoms with Crippen molar-refractivity contribution < 1.29 is 18.3 Å². The summed E-state index contributed by atoms with van der Waals surface area (Å²) in [6.45, 7) is 2.59. The fourth-order valence-electron chi connectivity index (χ4n) is 2.10. The number of carboxylic acid groups (broad SMARTS) is 1. The molecule has 1 aromatic heterocycles. The van der Waals surface area contributed by atoms with Gasteiger partial charge in [-0.3, -0.25) is 4.79 Å². The zero-order chi connectivity index (χ0) is 15.9. The smallest absolute Gasteiger partial charge is 0.303 e. The fourth-order valence-corrected chi connectivity index (χ4v) is 2.90. The van der Waals surface area contributed by atoms with Crippen LogP contribution >= 0.6 is 0 Å². The van der Waals surface area contributed by atoms with Gasteiger partial charge in [0.05, 0.1) is 0 Å². The Morgan fingerprint density at radius 1 is 1.43 bits per heavy atom. The van der Waals surface area contributed by atoms with E-state index in [4.69, 9.17) is 5.11 Å². The molecule has 0 aliphatic heterocycles. The molecule has 0 radical (unpaired) electrons. The fraction of sp³-hybridized carbons (Fsp3) is 0.571. The largest absolute Gasteiger partial charge is 0.481 e. The minimum Gasteiger partial charge on any atom is -0.481 e. The first-order chi connectivity index (χ1) is 9.84. The van der Waals surface area contributed by atoms with E-state index in [0.717, 1.165) is 19.1 Å². The van der Waals surface area contributed by atoms with Gasteiger partial charge in [-0.25, -0.2) is 13.4 Å². The van der Waals surface area contributed by atoms with Gasteiger partial charge in [-0.2, -0.15) is 0 Å². The molecule has 0 aromatic carbocycles. The lowest BCUT2D eigenvalue weighted by Gasteiger charge is -2.15. The van der Waals surface area contributed by atoms with Gasteiger partial charge in [0.15, 0.2) is 9.84 Å². The SMILES string of the molecule is CCC(CCNc1ncccc1S(C)(=O)=O)CCC(=O)O. The predicted molar refractivity (Wildman–Crippen MR) is 81.1 cm³/mol. The molecule has 2 N–H and O–H groups in total. The van der Waals surface area contributed by atoms with Gasteiger partial charge in [-0.1, -0.05) is 13.3 Å². The Hall–Kier alpha value is -1.63. The van der Waals surface area contributed by atoms with Crippen molar-refractivity contribution in [3.05, 3.63) is 18.3 Å². The number of pyridine rings is 1. The first-order valence-corrected chi connectivity index (χ1v) is 8.84. The van der Waals surface area contributed by atoms with Crippen molar-refractivity contribution in [1.29, 1.82) is 0 Å². The second-order valence-corrected chi connectivity index (χ2v) is 7.03. The van der Waals surface area contributed by atoms with Crippen LogP contribution in [-0.2, 0) is 14.6 Å². The van der Waals surface area contributed by atoms with Crippen molar-refractivity contribution in [2.24, 2.45) is 5.92 Å². The number of carbonyl (C=O) groups is 1. The van der Waals surface area contributed by atoms with E-state index in [-0.39, 0.29) is 11.3 Å². The molecule has 1 rings (SSSR count). The molecule has 6 nitrogen and oxygen atoms in total. The van der Waals surface area contributed by atoms with E-state index in [2.05, 4.69) is 10.3 Å². The number of nitrogens with one attached hydrogen (secondary N) is 1. The maximum atomic E-state index is 11.6. The van der Waals surface area contributed by atoms with Gasteiger partial charge in [-0.05, 0) is 30.9 Å². The molecular formula is C14H22N2O4S. The number of anilines is 1. The van der Waals surface area contributed by atoms with Gasteiger partial charge in [0.2, 0.25) is 0 Å². The van der Waals surface area contributed by atoms with Gasteiger partial charge in [0.1, 0.15) is 10.7 Å². The van der Waals surface area contributed by atoms with E-state index in [0.29, 0.717) is 24.7 Å². The number of sulfone groups is 1. The highest BCUT2D eigenvalue weighted by atomic mass is 32.2. The molecule has 0 aliphatic rings. The first kappa shape index (κ1) is 17.4. The zero-order valence-corrected chi connectivity index (χ0v) is 13.2. The second-order valence-electron chi connectivity index (χ2n) is 5.04. The molecule has 0 aliphatic carbocycles. The molecule has 0 saturated heterocycles. The van der Waals surface area contributed by atoms with E-state index in [1.807, 2.05) is 6.92 Å². The Morgan fingerprint density at radius 3 is 2.71 bits per heavy atom. The summed E-state index contributed by atoms with van der Waals surface area (Å²) in [5.41, 5.74) is 0. The van der Waals surface area contributed by atoms with Crippen LogP contribution in [0.3, 0.4) is 0 Å². The molecule has 0 fully saturated rings. The van der Waals surface area contributed by atoms with Crippen molar-refractivity contribution in [3.63, 3.8) is 0 Å². The molecule has 1 unspecified atom stereocenters. The Bertz CT molecular complexity index is 572. The lowest BCUT2D eigenvalue weighted by atomic mass is 9.97. The minimum atomic E-state index is -3.31. The zero-order valence-electron chi connectivity index (χ0n) is 12.4. The third kappa shape index (κ3) is 6.12. The minimum absolute atomic E-state index is 0.163. The number of nitrogens with zero attached hydrogens (tertiary/aromatic N) is 1. The molecule has 118 valence electrons. The predicted octanol–water partition coefficient (Wildman–Crippen LogP) is 2.18. The van der Waals surface area contributed by atoms with Gasteiger partial charge in [0, 0.05) is 25.4 Å². The van der Waals surface area contributed by atoms with Crippen LogP contribution in [0.1, 0.15) is 32.6 Å². The summed E-state index contributed by atoms with van der Waals surface area (Å²) in [5.74, 6) is -0.127. The van der Waals surface area contributed by atoms with E-state index < -0.39 is 15.8 Å². The highest BCUT2D eigenvalue weighted by Gasteiger charge is 2.14. The summed E-state index contributed by atoms with van der Waals surface area (Å²) in [4.78, 5) is 14.8. The maximum Gasteiger partial charge on any atom is 0.303 e. The third-order valence-electron chi connectivity index (χ3n) is 3.36. The second kappa shape index (κ2) is 7.97. The van der Waals surface area contributed by atoms with Gasteiger partial charge in [0.25, 0.3) is 0 Å². The summed E-state index contributed by atoms with van der Waals surface area (Å²) in [5, 5.41) is 11.7. The third-order valence-corrected chi connectivity index (χ3v) is 4.49. The molecule has 1 aromatic rings. The average Bonchev–Trinajstić information content (AvgIpc) is 2.41. The topological polar surface area (TPSA) is 96.4 Å². The molecule has 1 atom stereocenters. The molecule has 0 saturated carbocycles. The highest BCUT2D eigenvalue weighted by Crippen LogP contribution is 2.19. The molecule has 7 heteroatoms. The van der Waals surface area contributed by atoms with Crippen molar-refractivity contribution in [1.82, 2.24) is 4.98 Å². The monoisotopic (exact) mass is 314 g/mol. The number of rotatable bonds is 9. The number of hydrogen-bond acceptors (Lipinski definition) is 5. The summed E-state index contributed by atoms with van der Waals surface area (Å²) in [7, 11) is -3.31. The van der Waals surface area contributed by atoms with Crippen molar-refractivity contribution in [2.75, 3.05) is 18.1 Å². The molecule has 0 amide bonds. The van der Waals surface area contributed by atoms with Crippen LogP contribution in [0.15, 0.2) is 23.2 Å². The van der Waals surface area contributed by atoms with Crippen molar-refractivity contribution in [2.45, 2.75) is 37.5 Å². The van der Waals surface area contributed by atoms with Crippen LogP contribution in [0.5, 0.6) is 0 Å². The van der Waals surface area contributed by atoms with Crippen LogP contribution in [0.25, 0.3) is 0 Å². The first-order valence-electron chi connectivity index (χ1n) is 6.95. The Labute approximate surface area is 125 Å². The maximum absolute atomic E-state index is 11.6. The van der Waals surface area contributed by atoms with E-state index in [1.54, 1.807) is 12.3 Å². The van der Waals surface area contributed by atoms with Gasteiger partial charge < -0.3 is 10.4 Å². The van der Waals surface area contributed by atoms with Crippen LogP contribution in [-0.4, -0.2) is 37.3 Å². The molecule has 0 spiro atoms. The van der Waals surface area contributed by atoms with Crippen LogP contribution in [0, 0.1) is 5.92 Å². The Kier molecular flexibility index (Phi) is 6.61. The molecular weight excluding hydrogens is 292 g/mol. The summed E-state index contributed by atoms with van der Waals surface area (Å²) in [6, 6.07) is 3.11. The Morgan fingerprint density at radius 2 is 2.14 bits per heavy atom. The van der Waals surface area contributed by atoms with Crippen LogP contribution < -0.4 is 5.32 Å². The number of hydrogen-bond donors (Lipinski definition) is 2. The van der Waals surface area contributed by atoms with E-state index in [1.165, 1.54) is 6.07 Å². The quantitative estimate of drug-likeness (QED) is 0.725. The number of aliphatic carboxylic acids is 1. The van der Waals surface area contributed by atoms with E-state index >= 15 is 0 Å². The highest BCUT2D eigenvalue weighted by molar-refractivity contribution is 7.90. The summed E-state index contributed by atoms with van der Waals surface area (Å²) in [6.07, 6.45) is 5.17. The van der Waals surface area contributed by atoms with Crippen LogP contribution in [0.2, 0.25) is 0 Å². The van der Waals surface area contributed by atoms with Gasteiger partial charge >= 0.3 is 5.97 Å². The van der Waals surface area contributed by atoms with Gasteiger partial charge in [-0.15, -0.1) is 0 Å². The van der Waals surface area contributed by atoms with E-state index in [9.17, 15) is 13.2 Å². The lowest BCUT2D eigenvalue weighted by Crippen LogP contribution is -2.13. The average molecular weight is 314 g/mol. The molecule has 1 heterocycles. The lowest BCUT2D eigenvalue weighted by molar-refractivity contribution is -0.137. The van der Waals surface area contributed by atoms with Crippen molar-refractivity contribution in [3.8, 4) is 0 Å². The summed E-state index contributed by atoms with van der Waals surface area (Å²) >= 11 is 0. The Balaban J connectivity index is 2.58. The number of carboxylic acids is 1. The molecule has 21 heavy (non-hydrogen) atoms. The molecule has 0 bridgehead atoms. The number of aromatic nitrogens is 1. The standard InChI is InChI=1S/C14H22N2O4S/c1-3-11(6-7-13(17)18)8-10-16-14-12(21(2,19)20)5-4-9-15-14/h4-5,9,11H,3,6-8,10H2,1-2H3,(H,15,16)(H,17,18). The summed E-state index contributed by atoms with van der Waals surface area (Å²) < 4.78 is 23.3. The van der Waals surface area contributed by atoms with Crippen LogP contribution in [0.4, 0.5) is 5.82 Å². The van der Waals surface area contributed by atoms with Crippen molar-refractivity contribution >= 4 is 21.6 Å². The normalized spacial score (nSPS) is 12.9.